The summed E-state index contributed by atoms with van der Waals surface area (Å²) in [6.07, 6.45) is 6.29. The zero-order valence-corrected chi connectivity index (χ0v) is 6.12. The first kappa shape index (κ1) is 6.32. The van der Waals surface area contributed by atoms with E-state index in [1.165, 1.54) is 19.3 Å². The van der Waals surface area contributed by atoms with E-state index in [0.29, 0.717) is 0 Å². The van der Waals surface area contributed by atoms with Crippen LogP contribution in [0.5, 0.6) is 0 Å². The monoisotopic (exact) mass is 139 g/mol. The highest BCUT2D eigenvalue weighted by molar-refractivity contribution is 4.90. The molecule has 0 spiro atoms. The molecule has 2 unspecified atom stereocenters. The van der Waals surface area contributed by atoms with Crippen LogP contribution < -0.4 is 0 Å². The van der Waals surface area contributed by atoms with Crippen LogP contribution in [0.2, 0.25) is 0 Å². The molecular weight excluding hydrogens is 126 g/mol. The van der Waals surface area contributed by atoms with Gasteiger partial charge in [0.25, 0.3) is 0 Å². The minimum Gasteiger partial charge on any atom is -0.151 e. The lowest BCUT2D eigenvalue weighted by atomic mass is 10.0. The van der Waals surface area contributed by atoms with E-state index in [2.05, 4.69) is 5.18 Å². The highest BCUT2D eigenvalue weighted by Gasteiger charge is 2.37. The molecule has 2 atom stereocenters. The molecular formula is C8H13NO. The van der Waals surface area contributed by atoms with E-state index < -0.39 is 0 Å². The molecule has 2 fully saturated rings. The van der Waals surface area contributed by atoms with Gasteiger partial charge in [-0.2, -0.15) is 4.91 Å². The van der Waals surface area contributed by atoms with Crippen molar-refractivity contribution in [2.45, 2.75) is 38.1 Å². The van der Waals surface area contributed by atoms with Crippen molar-refractivity contribution in [2.24, 2.45) is 17.0 Å². The van der Waals surface area contributed by atoms with Crippen molar-refractivity contribution in [1.82, 2.24) is 0 Å². The van der Waals surface area contributed by atoms with Crippen molar-refractivity contribution in [3.8, 4) is 0 Å². The molecule has 0 bridgehead atoms. The van der Waals surface area contributed by atoms with Gasteiger partial charge < -0.3 is 0 Å². The maximum atomic E-state index is 10.2. The van der Waals surface area contributed by atoms with Crippen LogP contribution in [0.15, 0.2) is 5.18 Å². The van der Waals surface area contributed by atoms with Crippen LogP contribution in [0.3, 0.4) is 0 Å². The van der Waals surface area contributed by atoms with Crippen LogP contribution in [-0.2, 0) is 0 Å². The molecule has 2 aliphatic carbocycles. The highest BCUT2D eigenvalue weighted by Crippen LogP contribution is 2.44. The average molecular weight is 139 g/mol. The lowest BCUT2D eigenvalue weighted by Crippen LogP contribution is -1.96. The van der Waals surface area contributed by atoms with Crippen LogP contribution in [0, 0.1) is 16.7 Å². The molecule has 0 radical (unpaired) electrons. The lowest BCUT2D eigenvalue weighted by molar-refractivity contribution is 0.457. The Hall–Kier alpha value is -0.400. The SMILES string of the molecule is O=NC1CC2CCCC2C1. The molecule has 10 heavy (non-hydrogen) atoms. The third-order valence-corrected chi connectivity index (χ3v) is 3.12. The minimum atomic E-state index is 0.176. The first-order chi connectivity index (χ1) is 4.90. The van der Waals surface area contributed by atoms with Gasteiger partial charge in [-0.05, 0) is 24.7 Å². The van der Waals surface area contributed by atoms with Crippen molar-refractivity contribution >= 4 is 0 Å². The van der Waals surface area contributed by atoms with E-state index in [1.807, 2.05) is 0 Å². The van der Waals surface area contributed by atoms with Gasteiger partial charge in [-0.3, -0.25) is 0 Å². The highest BCUT2D eigenvalue weighted by atomic mass is 16.3. The molecule has 0 amide bonds. The largest absolute Gasteiger partial charge is 0.151 e. The van der Waals surface area contributed by atoms with Crippen molar-refractivity contribution < 1.29 is 0 Å². The predicted molar refractivity (Wildman–Crippen MR) is 39.6 cm³/mol. The second-order valence-corrected chi connectivity index (χ2v) is 3.68. The fraction of sp³-hybridized carbons (Fsp3) is 1.00. The Balaban J connectivity index is 1.99. The normalized spacial score (nSPS) is 45.4. The summed E-state index contributed by atoms with van der Waals surface area (Å²) >= 11 is 0. The average Bonchev–Trinajstić information content (AvgIpc) is 2.42. The van der Waals surface area contributed by atoms with Gasteiger partial charge in [-0.25, -0.2) is 0 Å². The molecule has 2 nitrogen and oxygen atoms in total. The molecule has 0 aliphatic heterocycles. The fourth-order valence-electron chi connectivity index (χ4n) is 2.62. The van der Waals surface area contributed by atoms with E-state index in [1.54, 1.807) is 0 Å². The second-order valence-electron chi connectivity index (χ2n) is 3.68. The summed E-state index contributed by atoms with van der Waals surface area (Å²) in [5, 5.41) is 3.12. The Bertz CT molecular complexity index is 134. The second kappa shape index (κ2) is 2.33. The lowest BCUT2D eigenvalue weighted by Gasteiger charge is -2.04. The summed E-state index contributed by atoms with van der Waals surface area (Å²) < 4.78 is 0. The standard InChI is InChI=1S/C8H13NO/c10-9-8-4-6-2-1-3-7(6)5-8/h6-8H,1-5H2. The van der Waals surface area contributed by atoms with E-state index in [0.717, 1.165) is 24.7 Å². The molecule has 0 saturated heterocycles. The summed E-state index contributed by atoms with van der Waals surface area (Å²) in [4.78, 5) is 10.2. The van der Waals surface area contributed by atoms with Crippen LogP contribution in [0.1, 0.15) is 32.1 Å². The zero-order chi connectivity index (χ0) is 6.97. The van der Waals surface area contributed by atoms with Crippen LogP contribution in [-0.4, -0.2) is 6.04 Å². The van der Waals surface area contributed by atoms with Gasteiger partial charge in [0.2, 0.25) is 0 Å². The summed E-state index contributed by atoms with van der Waals surface area (Å²) in [7, 11) is 0. The fourth-order valence-corrected chi connectivity index (χ4v) is 2.62. The molecule has 0 aromatic rings. The van der Waals surface area contributed by atoms with Crippen molar-refractivity contribution in [3.05, 3.63) is 4.91 Å². The maximum Gasteiger partial charge on any atom is 0.0925 e. The van der Waals surface area contributed by atoms with E-state index in [-0.39, 0.29) is 6.04 Å². The van der Waals surface area contributed by atoms with Gasteiger partial charge in [-0.15, -0.1) is 0 Å². The first-order valence-electron chi connectivity index (χ1n) is 4.22. The van der Waals surface area contributed by atoms with Crippen LogP contribution >= 0.6 is 0 Å². The van der Waals surface area contributed by atoms with Gasteiger partial charge in [-0.1, -0.05) is 24.4 Å². The van der Waals surface area contributed by atoms with Gasteiger partial charge in [0, 0.05) is 0 Å². The molecule has 0 aromatic heterocycles. The molecule has 2 heteroatoms. The van der Waals surface area contributed by atoms with Crippen LogP contribution in [0.25, 0.3) is 0 Å². The molecule has 2 rings (SSSR count). The zero-order valence-electron chi connectivity index (χ0n) is 6.12. The smallest absolute Gasteiger partial charge is 0.0925 e. The molecule has 0 N–H and O–H groups in total. The summed E-state index contributed by atoms with van der Waals surface area (Å²) in [5.74, 6) is 1.73. The summed E-state index contributed by atoms with van der Waals surface area (Å²) in [6, 6.07) is 0.176. The summed E-state index contributed by atoms with van der Waals surface area (Å²) in [6.45, 7) is 0. The van der Waals surface area contributed by atoms with Crippen molar-refractivity contribution in [1.29, 1.82) is 0 Å². The van der Waals surface area contributed by atoms with E-state index in [9.17, 15) is 4.91 Å². The van der Waals surface area contributed by atoms with Gasteiger partial charge in [0.05, 0.1) is 6.04 Å². The Kier molecular flexibility index (Phi) is 1.47. The van der Waals surface area contributed by atoms with Gasteiger partial charge in [0.15, 0.2) is 0 Å². The Morgan fingerprint density at radius 1 is 1.10 bits per heavy atom. The quantitative estimate of drug-likeness (QED) is 0.512. The van der Waals surface area contributed by atoms with E-state index in [4.69, 9.17) is 0 Å². The Labute approximate surface area is 61.0 Å². The van der Waals surface area contributed by atoms with Crippen molar-refractivity contribution in [2.75, 3.05) is 0 Å². The van der Waals surface area contributed by atoms with Gasteiger partial charge in [0.1, 0.15) is 0 Å². The molecule has 2 aliphatic rings. The number of nitrogens with zero attached hydrogens (tertiary/aromatic N) is 1. The molecule has 2 saturated carbocycles. The minimum absolute atomic E-state index is 0.176. The Morgan fingerprint density at radius 2 is 1.70 bits per heavy atom. The topological polar surface area (TPSA) is 29.4 Å². The molecule has 0 heterocycles. The van der Waals surface area contributed by atoms with Crippen molar-refractivity contribution in [3.63, 3.8) is 0 Å². The number of hydrogen-bond donors (Lipinski definition) is 0. The Morgan fingerprint density at radius 3 is 2.20 bits per heavy atom. The number of hydrogen-bond acceptors (Lipinski definition) is 2. The summed E-state index contributed by atoms with van der Waals surface area (Å²) in [5.41, 5.74) is 0. The third-order valence-electron chi connectivity index (χ3n) is 3.12. The van der Waals surface area contributed by atoms with E-state index >= 15 is 0 Å². The third kappa shape index (κ3) is 0.862. The predicted octanol–water partition coefficient (Wildman–Crippen LogP) is 2.33. The first-order valence-corrected chi connectivity index (χ1v) is 4.22. The molecule has 0 aromatic carbocycles. The maximum absolute atomic E-state index is 10.2. The molecule has 56 valence electrons. The van der Waals surface area contributed by atoms with Gasteiger partial charge >= 0.3 is 0 Å². The van der Waals surface area contributed by atoms with Crippen LogP contribution in [0.4, 0.5) is 0 Å². The number of nitroso groups, excluding NO2 is 1. The number of rotatable bonds is 1. The number of fused-ring (bicyclic) bond motifs is 1.